The molecule has 0 aliphatic heterocycles. The summed E-state index contributed by atoms with van der Waals surface area (Å²) in [6.07, 6.45) is 3.60. The molecular weight excluding hydrogens is 180 g/mol. The standard InChI is InChI=1S/C10H10N2S/c11-6-10-5-9(7-13-10)8-1-3-12-4-2-8/h1-5,7H,6,11H2. The Balaban J connectivity index is 2.36. The molecule has 0 aliphatic carbocycles. The minimum absolute atomic E-state index is 0.621. The summed E-state index contributed by atoms with van der Waals surface area (Å²) in [5.74, 6) is 0. The van der Waals surface area contributed by atoms with E-state index in [-0.39, 0.29) is 0 Å². The molecule has 0 amide bonds. The van der Waals surface area contributed by atoms with Gasteiger partial charge in [-0.15, -0.1) is 11.3 Å². The number of pyridine rings is 1. The van der Waals surface area contributed by atoms with E-state index in [1.165, 1.54) is 16.0 Å². The molecule has 0 unspecified atom stereocenters. The van der Waals surface area contributed by atoms with Gasteiger partial charge in [0.15, 0.2) is 0 Å². The van der Waals surface area contributed by atoms with Crippen LogP contribution >= 0.6 is 11.3 Å². The second kappa shape index (κ2) is 3.68. The van der Waals surface area contributed by atoms with Crippen molar-refractivity contribution < 1.29 is 0 Å². The zero-order chi connectivity index (χ0) is 9.10. The highest BCUT2D eigenvalue weighted by Gasteiger charge is 1.99. The fourth-order valence-corrected chi connectivity index (χ4v) is 1.96. The predicted molar refractivity (Wildman–Crippen MR) is 55.4 cm³/mol. The summed E-state index contributed by atoms with van der Waals surface area (Å²) in [5, 5.41) is 2.12. The summed E-state index contributed by atoms with van der Waals surface area (Å²) in [5.41, 5.74) is 7.97. The third-order valence-electron chi connectivity index (χ3n) is 1.87. The number of aromatic nitrogens is 1. The molecule has 2 rings (SSSR count). The van der Waals surface area contributed by atoms with E-state index in [0.717, 1.165) is 0 Å². The highest BCUT2D eigenvalue weighted by Crippen LogP contribution is 2.24. The molecule has 2 N–H and O–H groups in total. The van der Waals surface area contributed by atoms with Crippen LogP contribution in [0.5, 0.6) is 0 Å². The maximum absolute atomic E-state index is 5.54. The number of rotatable bonds is 2. The summed E-state index contributed by atoms with van der Waals surface area (Å²) >= 11 is 1.70. The molecule has 2 nitrogen and oxygen atoms in total. The van der Waals surface area contributed by atoms with Crippen LogP contribution in [-0.4, -0.2) is 4.98 Å². The minimum Gasteiger partial charge on any atom is -0.326 e. The first-order valence-electron chi connectivity index (χ1n) is 4.08. The Labute approximate surface area is 81.1 Å². The van der Waals surface area contributed by atoms with Crippen molar-refractivity contribution in [3.8, 4) is 11.1 Å². The van der Waals surface area contributed by atoms with E-state index in [1.807, 2.05) is 12.1 Å². The zero-order valence-corrected chi connectivity index (χ0v) is 7.92. The van der Waals surface area contributed by atoms with Crippen LogP contribution in [0, 0.1) is 0 Å². The average molecular weight is 190 g/mol. The van der Waals surface area contributed by atoms with E-state index in [0.29, 0.717) is 6.54 Å². The lowest BCUT2D eigenvalue weighted by molar-refractivity contribution is 1.11. The predicted octanol–water partition coefficient (Wildman–Crippen LogP) is 2.27. The molecule has 0 bridgehead atoms. The molecule has 0 aliphatic rings. The molecule has 0 atom stereocenters. The number of nitrogens with two attached hydrogens (primary N) is 1. The Morgan fingerprint density at radius 3 is 2.62 bits per heavy atom. The Bertz CT molecular complexity index is 381. The number of thiophene rings is 1. The van der Waals surface area contributed by atoms with Gasteiger partial charge in [-0.25, -0.2) is 0 Å². The molecule has 0 fully saturated rings. The van der Waals surface area contributed by atoms with E-state index in [4.69, 9.17) is 5.73 Å². The summed E-state index contributed by atoms with van der Waals surface area (Å²) in [6, 6.07) is 6.13. The maximum atomic E-state index is 5.54. The molecule has 13 heavy (non-hydrogen) atoms. The van der Waals surface area contributed by atoms with Crippen LogP contribution in [0.4, 0.5) is 0 Å². The number of hydrogen-bond acceptors (Lipinski definition) is 3. The Kier molecular flexibility index (Phi) is 2.38. The van der Waals surface area contributed by atoms with Crippen LogP contribution in [0.25, 0.3) is 11.1 Å². The van der Waals surface area contributed by atoms with Gasteiger partial charge >= 0.3 is 0 Å². The second-order valence-electron chi connectivity index (χ2n) is 2.74. The topological polar surface area (TPSA) is 38.9 Å². The largest absolute Gasteiger partial charge is 0.326 e. The van der Waals surface area contributed by atoms with Gasteiger partial charge in [0.05, 0.1) is 0 Å². The highest BCUT2D eigenvalue weighted by molar-refractivity contribution is 7.10. The second-order valence-corrected chi connectivity index (χ2v) is 3.74. The Morgan fingerprint density at radius 1 is 1.23 bits per heavy atom. The van der Waals surface area contributed by atoms with Crippen molar-refractivity contribution in [3.05, 3.63) is 40.8 Å². The van der Waals surface area contributed by atoms with Crippen molar-refractivity contribution in [2.45, 2.75) is 6.54 Å². The van der Waals surface area contributed by atoms with Crippen LogP contribution in [0.15, 0.2) is 36.0 Å². The zero-order valence-electron chi connectivity index (χ0n) is 7.10. The minimum atomic E-state index is 0.621. The molecule has 2 heterocycles. The first-order valence-corrected chi connectivity index (χ1v) is 4.96. The van der Waals surface area contributed by atoms with Crippen LogP contribution in [-0.2, 0) is 6.54 Å². The molecule has 0 saturated heterocycles. The van der Waals surface area contributed by atoms with Gasteiger partial charge in [-0.3, -0.25) is 4.98 Å². The van der Waals surface area contributed by atoms with E-state index in [2.05, 4.69) is 16.4 Å². The normalized spacial score (nSPS) is 10.2. The highest BCUT2D eigenvalue weighted by atomic mass is 32.1. The van der Waals surface area contributed by atoms with E-state index < -0.39 is 0 Å². The van der Waals surface area contributed by atoms with Crippen molar-refractivity contribution in [2.75, 3.05) is 0 Å². The van der Waals surface area contributed by atoms with Gasteiger partial charge in [-0.2, -0.15) is 0 Å². The molecule has 3 heteroatoms. The van der Waals surface area contributed by atoms with Crippen molar-refractivity contribution in [2.24, 2.45) is 5.73 Å². The molecule has 2 aromatic rings. The third-order valence-corrected chi connectivity index (χ3v) is 2.83. The number of nitrogens with zero attached hydrogens (tertiary/aromatic N) is 1. The van der Waals surface area contributed by atoms with Gasteiger partial charge in [0, 0.05) is 23.8 Å². The van der Waals surface area contributed by atoms with Crippen LogP contribution < -0.4 is 5.73 Å². The smallest absolute Gasteiger partial charge is 0.0274 e. The number of hydrogen-bond donors (Lipinski definition) is 1. The fraction of sp³-hybridized carbons (Fsp3) is 0.100. The van der Waals surface area contributed by atoms with Gasteiger partial charge in [0.2, 0.25) is 0 Å². The quantitative estimate of drug-likeness (QED) is 0.789. The first kappa shape index (κ1) is 8.41. The first-order chi connectivity index (χ1) is 6.40. The molecular formula is C10H10N2S. The lowest BCUT2D eigenvalue weighted by atomic mass is 10.1. The summed E-state index contributed by atoms with van der Waals surface area (Å²) < 4.78 is 0. The van der Waals surface area contributed by atoms with Crippen molar-refractivity contribution in [1.82, 2.24) is 4.98 Å². The molecule has 0 radical (unpaired) electrons. The van der Waals surface area contributed by atoms with Gasteiger partial charge < -0.3 is 5.73 Å². The lowest BCUT2D eigenvalue weighted by Crippen LogP contribution is -1.91. The van der Waals surface area contributed by atoms with Crippen molar-refractivity contribution in [3.63, 3.8) is 0 Å². The lowest BCUT2D eigenvalue weighted by Gasteiger charge is -1.94. The molecule has 2 aromatic heterocycles. The summed E-state index contributed by atoms with van der Waals surface area (Å²) in [4.78, 5) is 5.19. The van der Waals surface area contributed by atoms with E-state index >= 15 is 0 Å². The Morgan fingerprint density at radius 2 is 2.00 bits per heavy atom. The Hall–Kier alpha value is -1.19. The van der Waals surface area contributed by atoms with Crippen LogP contribution in [0.1, 0.15) is 4.88 Å². The van der Waals surface area contributed by atoms with Crippen molar-refractivity contribution in [1.29, 1.82) is 0 Å². The van der Waals surface area contributed by atoms with Gasteiger partial charge in [0.1, 0.15) is 0 Å². The third kappa shape index (κ3) is 1.76. The monoisotopic (exact) mass is 190 g/mol. The summed E-state index contributed by atoms with van der Waals surface area (Å²) in [7, 11) is 0. The molecule has 66 valence electrons. The van der Waals surface area contributed by atoms with E-state index in [1.54, 1.807) is 23.7 Å². The SMILES string of the molecule is NCc1cc(-c2ccncc2)cs1. The maximum Gasteiger partial charge on any atom is 0.0274 e. The molecule has 0 spiro atoms. The van der Waals surface area contributed by atoms with Gasteiger partial charge in [0.25, 0.3) is 0 Å². The molecule has 0 saturated carbocycles. The fourth-order valence-electron chi connectivity index (χ4n) is 1.18. The van der Waals surface area contributed by atoms with Gasteiger partial charge in [-0.1, -0.05) is 0 Å². The molecule has 0 aromatic carbocycles. The van der Waals surface area contributed by atoms with E-state index in [9.17, 15) is 0 Å². The van der Waals surface area contributed by atoms with Crippen LogP contribution in [0.3, 0.4) is 0 Å². The van der Waals surface area contributed by atoms with Crippen LogP contribution in [0.2, 0.25) is 0 Å². The average Bonchev–Trinajstić information content (AvgIpc) is 2.67. The van der Waals surface area contributed by atoms with Gasteiger partial charge in [-0.05, 0) is 34.7 Å². The summed E-state index contributed by atoms with van der Waals surface area (Å²) in [6.45, 7) is 0.621. The van der Waals surface area contributed by atoms with Crippen molar-refractivity contribution >= 4 is 11.3 Å².